The minimum Gasteiger partial charge on any atom is -0.490 e. The molecule has 0 unspecified atom stereocenters. The molecular weight excluding hydrogens is 390 g/mol. The van der Waals surface area contributed by atoms with Gasteiger partial charge >= 0.3 is 18.0 Å². The van der Waals surface area contributed by atoms with Crippen molar-refractivity contribution in [1.82, 2.24) is 0 Å². The molecule has 3 rings (SSSR count). The molecule has 0 saturated heterocycles. The molecule has 0 aromatic heterocycles. The third-order valence-electron chi connectivity index (χ3n) is 5.58. The molecule has 164 valence electrons. The van der Waals surface area contributed by atoms with E-state index in [1.165, 1.54) is 12.0 Å². The third kappa shape index (κ3) is 4.52. The summed E-state index contributed by atoms with van der Waals surface area (Å²) in [7, 11) is 1.28. The first kappa shape index (κ1) is 21.9. The van der Waals surface area contributed by atoms with Crippen molar-refractivity contribution < 1.29 is 33.7 Å². The van der Waals surface area contributed by atoms with Gasteiger partial charge in [-0.05, 0) is 57.2 Å². The third-order valence-corrected chi connectivity index (χ3v) is 5.58. The zero-order valence-electron chi connectivity index (χ0n) is 17.8. The highest BCUT2D eigenvalue weighted by Crippen LogP contribution is 2.44. The first-order valence-electron chi connectivity index (χ1n) is 10.2. The van der Waals surface area contributed by atoms with Crippen molar-refractivity contribution in [3.8, 4) is 5.75 Å². The second-order valence-electron chi connectivity index (χ2n) is 8.74. The summed E-state index contributed by atoms with van der Waals surface area (Å²) < 4.78 is 16.2. The standard InChI is InChI=1S/C22H29NO7/c1-22(2,3)30-21(27)23-10-11-29-17-12-13(8-9-16(17)23)14-6-5-7-15(19(24)25)18(14)20(26)28-4/h8-9,12,14-15,18H,5-7,10-11H2,1-4H3,(H,24,25)/t14-,15-,18-/m1/s1. The van der Waals surface area contributed by atoms with Gasteiger partial charge < -0.3 is 19.3 Å². The molecule has 1 heterocycles. The van der Waals surface area contributed by atoms with Crippen LogP contribution in [0.25, 0.3) is 0 Å². The molecule has 0 spiro atoms. The molecule has 1 saturated carbocycles. The molecule has 8 heteroatoms. The fourth-order valence-corrected chi connectivity index (χ4v) is 4.29. The van der Waals surface area contributed by atoms with Crippen molar-refractivity contribution >= 4 is 23.7 Å². The fraction of sp³-hybridized carbons (Fsp3) is 0.591. The lowest BCUT2D eigenvalue weighted by atomic mass is 9.69. The summed E-state index contributed by atoms with van der Waals surface area (Å²) in [5, 5.41) is 9.61. The molecule has 8 nitrogen and oxygen atoms in total. The molecule has 30 heavy (non-hydrogen) atoms. The highest BCUT2D eigenvalue weighted by atomic mass is 16.6. The average Bonchev–Trinajstić information content (AvgIpc) is 2.70. The number of fused-ring (bicyclic) bond motifs is 1. The number of carboxylic acids is 1. The molecule has 1 aliphatic heterocycles. The quantitative estimate of drug-likeness (QED) is 0.747. The van der Waals surface area contributed by atoms with Crippen LogP contribution in [0.2, 0.25) is 0 Å². The first-order chi connectivity index (χ1) is 14.1. The smallest absolute Gasteiger partial charge is 0.415 e. The fourth-order valence-electron chi connectivity index (χ4n) is 4.29. The van der Waals surface area contributed by atoms with E-state index in [-0.39, 0.29) is 5.92 Å². The maximum Gasteiger partial charge on any atom is 0.415 e. The van der Waals surface area contributed by atoms with E-state index in [2.05, 4.69) is 0 Å². The second kappa shape index (κ2) is 8.53. The number of aliphatic carboxylic acids is 1. The minimum atomic E-state index is -0.986. The van der Waals surface area contributed by atoms with Gasteiger partial charge in [-0.1, -0.05) is 12.5 Å². The van der Waals surface area contributed by atoms with Crippen LogP contribution in [0.4, 0.5) is 10.5 Å². The molecule has 1 N–H and O–H groups in total. The van der Waals surface area contributed by atoms with Crippen molar-refractivity contribution in [3.05, 3.63) is 23.8 Å². The average molecular weight is 419 g/mol. The Balaban J connectivity index is 1.92. The lowest BCUT2D eigenvalue weighted by Crippen LogP contribution is -2.41. The lowest BCUT2D eigenvalue weighted by molar-refractivity contribution is -0.158. The highest BCUT2D eigenvalue weighted by molar-refractivity contribution is 5.90. The van der Waals surface area contributed by atoms with E-state index >= 15 is 0 Å². The lowest BCUT2D eigenvalue weighted by Gasteiger charge is -2.36. The summed E-state index contributed by atoms with van der Waals surface area (Å²) in [6.45, 7) is 6.12. The van der Waals surface area contributed by atoms with Crippen molar-refractivity contribution in [2.24, 2.45) is 11.8 Å². The van der Waals surface area contributed by atoms with Gasteiger partial charge in [0.2, 0.25) is 0 Å². The molecule has 0 bridgehead atoms. The van der Waals surface area contributed by atoms with E-state index in [1.807, 2.05) is 26.8 Å². The minimum absolute atomic E-state index is 0.293. The van der Waals surface area contributed by atoms with Gasteiger partial charge in [0.05, 0.1) is 31.2 Å². The van der Waals surface area contributed by atoms with E-state index in [9.17, 15) is 19.5 Å². The van der Waals surface area contributed by atoms with Gasteiger partial charge in [-0.3, -0.25) is 14.5 Å². The van der Waals surface area contributed by atoms with Crippen LogP contribution in [0.1, 0.15) is 51.5 Å². The van der Waals surface area contributed by atoms with Gasteiger partial charge in [-0.15, -0.1) is 0 Å². The van der Waals surface area contributed by atoms with Gasteiger partial charge in [0.25, 0.3) is 0 Å². The van der Waals surface area contributed by atoms with Crippen molar-refractivity contribution in [2.75, 3.05) is 25.2 Å². The predicted octanol–water partition coefficient (Wildman–Crippen LogP) is 3.58. The zero-order valence-corrected chi connectivity index (χ0v) is 17.8. The summed E-state index contributed by atoms with van der Waals surface area (Å²) in [5.41, 5.74) is 0.789. The number of carboxylic acid groups (broad SMARTS) is 1. The normalized spacial score (nSPS) is 23.7. The number of rotatable bonds is 3. The Hall–Kier alpha value is -2.77. The van der Waals surface area contributed by atoms with E-state index < -0.39 is 35.5 Å². The number of amides is 1. The molecule has 1 aliphatic carbocycles. The molecule has 2 aliphatic rings. The number of methoxy groups -OCH3 is 1. The molecule has 1 aromatic rings. The number of carbonyl (C=O) groups is 3. The zero-order chi connectivity index (χ0) is 22.1. The Bertz CT molecular complexity index is 829. The topological polar surface area (TPSA) is 102 Å². The number of esters is 1. The highest BCUT2D eigenvalue weighted by Gasteiger charge is 2.44. The van der Waals surface area contributed by atoms with Crippen LogP contribution in [0.3, 0.4) is 0 Å². The van der Waals surface area contributed by atoms with E-state index in [0.717, 1.165) is 5.56 Å². The summed E-state index contributed by atoms with van der Waals surface area (Å²) >= 11 is 0. The van der Waals surface area contributed by atoms with Crippen LogP contribution in [-0.2, 0) is 19.1 Å². The molecular formula is C22H29NO7. The van der Waals surface area contributed by atoms with Gasteiger partial charge in [-0.25, -0.2) is 4.79 Å². The van der Waals surface area contributed by atoms with Crippen LogP contribution in [0.5, 0.6) is 5.75 Å². The summed E-state index contributed by atoms with van der Waals surface area (Å²) in [5.74, 6) is -2.82. The van der Waals surface area contributed by atoms with Crippen LogP contribution >= 0.6 is 0 Å². The number of nitrogens with zero attached hydrogens (tertiary/aromatic N) is 1. The second-order valence-corrected chi connectivity index (χ2v) is 8.74. The Morgan fingerprint density at radius 1 is 1.20 bits per heavy atom. The maximum absolute atomic E-state index is 12.6. The predicted molar refractivity (Wildman–Crippen MR) is 109 cm³/mol. The van der Waals surface area contributed by atoms with Gasteiger partial charge in [-0.2, -0.15) is 0 Å². The van der Waals surface area contributed by atoms with Crippen molar-refractivity contribution in [3.63, 3.8) is 0 Å². The number of ether oxygens (including phenoxy) is 3. The molecule has 0 radical (unpaired) electrons. The summed E-state index contributed by atoms with van der Waals surface area (Å²) in [6, 6.07) is 5.40. The largest absolute Gasteiger partial charge is 0.490 e. The molecule has 1 fully saturated rings. The Morgan fingerprint density at radius 2 is 1.93 bits per heavy atom. The Labute approximate surface area is 176 Å². The SMILES string of the molecule is COC(=O)[C@@H]1[C@@H](c2ccc3c(c2)OCCN3C(=O)OC(C)(C)C)CCC[C@H]1C(=O)O. The Kier molecular flexibility index (Phi) is 6.24. The van der Waals surface area contributed by atoms with Crippen LogP contribution < -0.4 is 9.64 Å². The number of anilines is 1. The molecule has 1 amide bonds. The van der Waals surface area contributed by atoms with Crippen LogP contribution in [0, 0.1) is 11.8 Å². The maximum atomic E-state index is 12.6. The number of carbonyl (C=O) groups excluding carboxylic acids is 2. The summed E-state index contributed by atoms with van der Waals surface area (Å²) in [4.78, 5) is 38.3. The van der Waals surface area contributed by atoms with Gasteiger partial charge in [0, 0.05) is 0 Å². The Morgan fingerprint density at radius 3 is 2.57 bits per heavy atom. The molecule has 1 aromatic carbocycles. The van der Waals surface area contributed by atoms with Gasteiger partial charge in [0.15, 0.2) is 0 Å². The van der Waals surface area contributed by atoms with Crippen LogP contribution in [-0.4, -0.2) is 49.0 Å². The monoisotopic (exact) mass is 419 g/mol. The van der Waals surface area contributed by atoms with E-state index in [0.29, 0.717) is 43.9 Å². The van der Waals surface area contributed by atoms with Crippen molar-refractivity contribution in [2.45, 2.75) is 51.6 Å². The number of hydrogen-bond donors (Lipinski definition) is 1. The summed E-state index contributed by atoms with van der Waals surface area (Å²) in [6.07, 6.45) is 1.38. The van der Waals surface area contributed by atoms with Crippen molar-refractivity contribution in [1.29, 1.82) is 0 Å². The van der Waals surface area contributed by atoms with E-state index in [1.54, 1.807) is 12.1 Å². The number of benzene rings is 1. The van der Waals surface area contributed by atoms with E-state index in [4.69, 9.17) is 14.2 Å². The molecule has 3 atom stereocenters. The number of hydrogen-bond acceptors (Lipinski definition) is 6. The first-order valence-corrected chi connectivity index (χ1v) is 10.2. The van der Waals surface area contributed by atoms with Gasteiger partial charge in [0.1, 0.15) is 18.0 Å². The van der Waals surface area contributed by atoms with Crippen LogP contribution in [0.15, 0.2) is 18.2 Å².